The van der Waals surface area contributed by atoms with E-state index in [1.165, 1.54) is 7.11 Å². The van der Waals surface area contributed by atoms with Gasteiger partial charge in [-0.15, -0.1) is 12.6 Å². The molecule has 0 spiro atoms. The highest BCUT2D eigenvalue weighted by Gasteiger charge is 2.02. The molecule has 0 saturated heterocycles. The number of methoxy groups -OCH3 is 1. The fourth-order valence-electron chi connectivity index (χ4n) is 0.196. The van der Waals surface area contributed by atoms with Gasteiger partial charge in [0.25, 0.3) is 0 Å². The van der Waals surface area contributed by atoms with Crippen LogP contribution in [0.25, 0.3) is 0 Å². The second-order valence-electron chi connectivity index (χ2n) is 1.15. The molecule has 0 atom stereocenters. The lowest BCUT2D eigenvalue weighted by molar-refractivity contribution is -0.141. The standard InChI is InChI=1S/C4H6O3S/c1-7-3(5)2-4(6)8/h2H2,1H3,(H,6,8). The number of thiol groups is 1. The van der Waals surface area contributed by atoms with E-state index in [2.05, 4.69) is 17.4 Å². The summed E-state index contributed by atoms with van der Waals surface area (Å²) in [7, 11) is 1.22. The van der Waals surface area contributed by atoms with E-state index in [9.17, 15) is 9.59 Å². The van der Waals surface area contributed by atoms with Crippen LogP contribution in [0.15, 0.2) is 0 Å². The second-order valence-corrected chi connectivity index (χ2v) is 1.65. The van der Waals surface area contributed by atoms with E-state index in [1.807, 2.05) is 0 Å². The van der Waals surface area contributed by atoms with Gasteiger partial charge < -0.3 is 4.74 Å². The predicted molar refractivity (Wildman–Crippen MR) is 30.6 cm³/mol. The van der Waals surface area contributed by atoms with Gasteiger partial charge in [-0.05, 0) is 0 Å². The smallest absolute Gasteiger partial charge is 0.313 e. The molecule has 3 nitrogen and oxygen atoms in total. The van der Waals surface area contributed by atoms with Crippen LogP contribution in [0.3, 0.4) is 0 Å². The summed E-state index contributed by atoms with van der Waals surface area (Å²) in [5.74, 6) is -0.551. The van der Waals surface area contributed by atoms with Crippen LogP contribution in [0.2, 0.25) is 0 Å². The zero-order valence-corrected chi connectivity index (χ0v) is 5.27. The Hall–Kier alpha value is -0.510. The van der Waals surface area contributed by atoms with Crippen molar-refractivity contribution in [3.63, 3.8) is 0 Å². The molecule has 0 aliphatic heterocycles. The van der Waals surface area contributed by atoms with Crippen LogP contribution >= 0.6 is 12.6 Å². The molecule has 0 rings (SSSR count). The summed E-state index contributed by atoms with van der Waals surface area (Å²) in [4.78, 5) is 20.1. The molecule has 0 bridgehead atoms. The lowest BCUT2D eigenvalue weighted by atomic mass is 10.5. The van der Waals surface area contributed by atoms with Crippen LogP contribution in [-0.2, 0) is 14.3 Å². The lowest BCUT2D eigenvalue weighted by Crippen LogP contribution is -2.03. The zero-order chi connectivity index (χ0) is 6.57. The molecule has 0 heterocycles. The molecule has 0 aromatic rings. The maximum atomic E-state index is 10.1. The molecule has 8 heavy (non-hydrogen) atoms. The van der Waals surface area contributed by atoms with Crippen LogP contribution < -0.4 is 0 Å². The maximum absolute atomic E-state index is 10.1. The molecule has 0 aromatic heterocycles. The third kappa shape index (κ3) is 3.67. The van der Waals surface area contributed by atoms with Crippen LogP contribution in [0.4, 0.5) is 0 Å². The Morgan fingerprint density at radius 2 is 2.12 bits per heavy atom. The Bertz CT molecular complexity index is 110. The molecule has 0 aromatic carbocycles. The summed E-state index contributed by atoms with van der Waals surface area (Å²) < 4.78 is 4.15. The summed E-state index contributed by atoms with van der Waals surface area (Å²) in [6.07, 6.45) is -0.250. The van der Waals surface area contributed by atoms with E-state index in [0.29, 0.717) is 0 Å². The van der Waals surface area contributed by atoms with Gasteiger partial charge in [0.15, 0.2) is 5.12 Å². The first-order valence-electron chi connectivity index (χ1n) is 1.95. The fraction of sp³-hybridized carbons (Fsp3) is 0.500. The molecule has 46 valence electrons. The largest absolute Gasteiger partial charge is 0.469 e. The normalized spacial score (nSPS) is 8.25. The van der Waals surface area contributed by atoms with E-state index in [0.717, 1.165) is 0 Å². The van der Waals surface area contributed by atoms with Crippen molar-refractivity contribution in [2.45, 2.75) is 6.42 Å². The van der Waals surface area contributed by atoms with Crippen molar-refractivity contribution in [2.75, 3.05) is 7.11 Å². The minimum atomic E-state index is -0.551. The molecule has 4 heteroatoms. The average molecular weight is 134 g/mol. The van der Waals surface area contributed by atoms with Crippen molar-refractivity contribution in [1.82, 2.24) is 0 Å². The monoisotopic (exact) mass is 134 g/mol. The van der Waals surface area contributed by atoms with Crippen molar-refractivity contribution in [3.05, 3.63) is 0 Å². The number of hydrogen-bond donors (Lipinski definition) is 1. The molecular weight excluding hydrogens is 128 g/mol. The van der Waals surface area contributed by atoms with Crippen molar-refractivity contribution < 1.29 is 14.3 Å². The molecular formula is C4H6O3S. The number of rotatable bonds is 2. The minimum Gasteiger partial charge on any atom is -0.469 e. The Morgan fingerprint density at radius 3 is 2.25 bits per heavy atom. The van der Waals surface area contributed by atoms with Crippen LogP contribution in [0.5, 0.6) is 0 Å². The molecule has 0 saturated carbocycles. The number of carbonyl (C=O) groups excluding carboxylic acids is 2. The molecule has 0 N–H and O–H groups in total. The number of ether oxygens (including phenoxy) is 1. The van der Waals surface area contributed by atoms with Gasteiger partial charge in [0.05, 0.1) is 7.11 Å². The minimum absolute atomic E-state index is 0.250. The summed E-state index contributed by atoms with van der Waals surface area (Å²) in [5, 5.41) is -0.475. The van der Waals surface area contributed by atoms with Crippen molar-refractivity contribution in [1.29, 1.82) is 0 Å². The van der Waals surface area contributed by atoms with Crippen LogP contribution in [0, 0.1) is 0 Å². The highest BCUT2D eigenvalue weighted by Crippen LogP contribution is 1.88. The van der Waals surface area contributed by atoms with Gasteiger partial charge in [0, 0.05) is 0 Å². The third-order valence-corrected chi connectivity index (χ3v) is 0.681. The van der Waals surface area contributed by atoms with E-state index in [1.54, 1.807) is 0 Å². The lowest BCUT2D eigenvalue weighted by Gasteiger charge is -1.90. The Balaban J connectivity index is 3.40. The van der Waals surface area contributed by atoms with Gasteiger partial charge in [-0.3, -0.25) is 9.59 Å². The molecule has 0 radical (unpaired) electrons. The first kappa shape index (κ1) is 7.49. The quantitative estimate of drug-likeness (QED) is 0.328. The van der Waals surface area contributed by atoms with E-state index >= 15 is 0 Å². The summed E-state index contributed by atoms with van der Waals surface area (Å²) >= 11 is 3.35. The van der Waals surface area contributed by atoms with E-state index in [-0.39, 0.29) is 6.42 Å². The van der Waals surface area contributed by atoms with Crippen molar-refractivity contribution >= 4 is 23.7 Å². The SMILES string of the molecule is COC(=O)CC(=O)S. The first-order valence-corrected chi connectivity index (χ1v) is 2.40. The van der Waals surface area contributed by atoms with E-state index < -0.39 is 11.1 Å². The first-order chi connectivity index (χ1) is 3.66. The summed E-state index contributed by atoms with van der Waals surface area (Å²) in [6.45, 7) is 0. The Labute approximate surface area is 52.4 Å². The number of hydrogen-bond acceptors (Lipinski definition) is 3. The Kier molecular flexibility index (Phi) is 3.26. The molecule has 0 aliphatic rings. The summed E-state index contributed by atoms with van der Waals surface area (Å²) in [6, 6.07) is 0. The highest BCUT2D eigenvalue weighted by molar-refractivity contribution is 7.96. The molecule has 0 fully saturated rings. The average Bonchev–Trinajstić information content (AvgIpc) is 1.65. The van der Waals surface area contributed by atoms with Crippen LogP contribution in [0.1, 0.15) is 6.42 Å². The number of esters is 1. The predicted octanol–water partition coefficient (Wildman–Crippen LogP) is 0.00590. The maximum Gasteiger partial charge on any atom is 0.313 e. The van der Waals surface area contributed by atoms with Gasteiger partial charge in [0.2, 0.25) is 0 Å². The molecule has 0 amide bonds. The molecule has 0 aliphatic carbocycles. The number of carbonyl (C=O) groups is 2. The fourth-order valence-corrected chi connectivity index (χ4v) is 0.325. The van der Waals surface area contributed by atoms with Gasteiger partial charge >= 0.3 is 5.97 Å². The Morgan fingerprint density at radius 1 is 1.62 bits per heavy atom. The second kappa shape index (κ2) is 3.49. The zero-order valence-electron chi connectivity index (χ0n) is 4.38. The van der Waals surface area contributed by atoms with Gasteiger partial charge in [-0.25, -0.2) is 0 Å². The molecule has 0 unspecified atom stereocenters. The topological polar surface area (TPSA) is 43.4 Å². The van der Waals surface area contributed by atoms with Crippen LogP contribution in [-0.4, -0.2) is 18.2 Å². The highest BCUT2D eigenvalue weighted by atomic mass is 32.1. The van der Waals surface area contributed by atoms with Gasteiger partial charge in [-0.2, -0.15) is 0 Å². The van der Waals surface area contributed by atoms with Gasteiger partial charge in [-0.1, -0.05) is 0 Å². The summed E-state index contributed by atoms with van der Waals surface area (Å²) in [5.41, 5.74) is 0. The third-order valence-electron chi connectivity index (χ3n) is 0.523. The van der Waals surface area contributed by atoms with Crippen molar-refractivity contribution in [2.24, 2.45) is 0 Å². The van der Waals surface area contributed by atoms with Crippen molar-refractivity contribution in [3.8, 4) is 0 Å². The van der Waals surface area contributed by atoms with E-state index in [4.69, 9.17) is 0 Å². The van der Waals surface area contributed by atoms with Gasteiger partial charge in [0.1, 0.15) is 6.42 Å².